The molecule has 0 aromatic carbocycles. The average molecular weight is 246 g/mol. The van der Waals surface area contributed by atoms with Gasteiger partial charge in [-0.3, -0.25) is 0 Å². The Labute approximate surface area is 109 Å². The van der Waals surface area contributed by atoms with E-state index in [-0.39, 0.29) is 0 Å². The number of anilines is 2. The highest BCUT2D eigenvalue weighted by atomic mass is 15.3. The molecular formula is C14H22N4. The first-order chi connectivity index (χ1) is 8.92. The van der Waals surface area contributed by atoms with Crippen LogP contribution < -0.4 is 10.2 Å². The predicted molar refractivity (Wildman–Crippen MR) is 74.0 cm³/mol. The quantitative estimate of drug-likeness (QED) is 0.890. The molecule has 4 nitrogen and oxygen atoms in total. The zero-order chi connectivity index (χ0) is 12.2. The van der Waals surface area contributed by atoms with E-state index in [0.29, 0.717) is 6.04 Å². The molecule has 1 aromatic heterocycles. The van der Waals surface area contributed by atoms with Crippen molar-refractivity contribution in [3.8, 4) is 0 Å². The number of nitrogens with zero attached hydrogens (tertiary/aromatic N) is 3. The number of piperidine rings is 1. The van der Waals surface area contributed by atoms with E-state index in [9.17, 15) is 0 Å². The fourth-order valence-corrected chi connectivity index (χ4v) is 2.95. The van der Waals surface area contributed by atoms with Crippen molar-refractivity contribution in [2.24, 2.45) is 0 Å². The van der Waals surface area contributed by atoms with Gasteiger partial charge < -0.3 is 10.2 Å². The maximum absolute atomic E-state index is 4.66. The number of hydrogen-bond acceptors (Lipinski definition) is 4. The summed E-state index contributed by atoms with van der Waals surface area (Å²) in [6.07, 6.45) is 11.0. The molecule has 0 radical (unpaired) electrons. The Kier molecular flexibility index (Phi) is 3.62. The molecule has 2 aliphatic rings. The van der Waals surface area contributed by atoms with Crippen LogP contribution in [0.2, 0.25) is 0 Å². The highest BCUT2D eigenvalue weighted by Gasteiger charge is 2.17. The van der Waals surface area contributed by atoms with Gasteiger partial charge in [-0.25, -0.2) is 4.98 Å². The van der Waals surface area contributed by atoms with Crippen LogP contribution in [0.4, 0.5) is 11.8 Å². The topological polar surface area (TPSA) is 41.1 Å². The van der Waals surface area contributed by atoms with E-state index in [2.05, 4.69) is 20.2 Å². The normalized spacial score (nSPS) is 21.2. The van der Waals surface area contributed by atoms with Crippen LogP contribution in [-0.2, 0) is 0 Å². The third-order valence-electron chi connectivity index (χ3n) is 3.99. The lowest BCUT2D eigenvalue weighted by atomic mass is 10.1. The van der Waals surface area contributed by atoms with Gasteiger partial charge in [0.2, 0.25) is 5.95 Å². The van der Waals surface area contributed by atoms with Crippen LogP contribution in [-0.4, -0.2) is 29.1 Å². The van der Waals surface area contributed by atoms with Gasteiger partial charge in [0, 0.05) is 25.3 Å². The Morgan fingerprint density at radius 3 is 2.61 bits per heavy atom. The van der Waals surface area contributed by atoms with Crippen LogP contribution in [0.1, 0.15) is 44.9 Å². The molecule has 0 atom stereocenters. The van der Waals surface area contributed by atoms with Crippen LogP contribution in [0.3, 0.4) is 0 Å². The van der Waals surface area contributed by atoms with E-state index in [1.165, 1.54) is 44.9 Å². The van der Waals surface area contributed by atoms with E-state index < -0.39 is 0 Å². The summed E-state index contributed by atoms with van der Waals surface area (Å²) in [4.78, 5) is 11.4. The van der Waals surface area contributed by atoms with Crippen molar-refractivity contribution in [3.63, 3.8) is 0 Å². The lowest BCUT2D eigenvalue weighted by molar-refractivity contribution is 0.568. The molecule has 18 heavy (non-hydrogen) atoms. The Balaban J connectivity index is 1.67. The minimum absolute atomic E-state index is 0.620. The lowest BCUT2D eigenvalue weighted by Crippen LogP contribution is -2.31. The first-order valence-corrected chi connectivity index (χ1v) is 7.26. The van der Waals surface area contributed by atoms with Gasteiger partial charge in [-0.2, -0.15) is 4.98 Å². The van der Waals surface area contributed by atoms with Crippen molar-refractivity contribution in [2.45, 2.75) is 51.0 Å². The van der Waals surface area contributed by atoms with Crippen molar-refractivity contribution in [3.05, 3.63) is 12.3 Å². The van der Waals surface area contributed by atoms with Gasteiger partial charge in [0.05, 0.1) is 0 Å². The van der Waals surface area contributed by atoms with Gasteiger partial charge >= 0.3 is 0 Å². The minimum Gasteiger partial charge on any atom is -0.367 e. The average Bonchev–Trinajstić information content (AvgIpc) is 2.93. The van der Waals surface area contributed by atoms with Gasteiger partial charge in [0.25, 0.3) is 0 Å². The van der Waals surface area contributed by atoms with Crippen molar-refractivity contribution in [1.82, 2.24) is 9.97 Å². The molecule has 98 valence electrons. The monoisotopic (exact) mass is 246 g/mol. The van der Waals surface area contributed by atoms with Crippen molar-refractivity contribution in [1.29, 1.82) is 0 Å². The number of hydrogen-bond donors (Lipinski definition) is 1. The Morgan fingerprint density at radius 2 is 1.83 bits per heavy atom. The molecule has 0 bridgehead atoms. The zero-order valence-corrected chi connectivity index (χ0v) is 10.9. The van der Waals surface area contributed by atoms with E-state index in [0.717, 1.165) is 24.9 Å². The summed E-state index contributed by atoms with van der Waals surface area (Å²) >= 11 is 0. The molecule has 4 heteroatoms. The second kappa shape index (κ2) is 5.55. The van der Waals surface area contributed by atoms with Crippen molar-refractivity contribution in [2.75, 3.05) is 23.3 Å². The van der Waals surface area contributed by atoms with Gasteiger partial charge in [0.15, 0.2) is 0 Å². The molecule has 2 heterocycles. The Hall–Kier alpha value is -1.32. The number of rotatable bonds is 3. The van der Waals surface area contributed by atoms with E-state index >= 15 is 0 Å². The number of nitrogens with one attached hydrogen (secondary N) is 1. The third-order valence-corrected chi connectivity index (χ3v) is 3.99. The maximum Gasteiger partial charge on any atom is 0.227 e. The Morgan fingerprint density at radius 1 is 1.06 bits per heavy atom. The molecule has 1 N–H and O–H groups in total. The lowest BCUT2D eigenvalue weighted by Gasteiger charge is -2.27. The summed E-state index contributed by atoms with van der Waals surface area (Å²) < 4.78 is 0. The number of aromatic nitrogens is 2. The van der Waals surface area contributed by atoms with E-state index in [4.69, 9.17) is 0 Å². The highest BCUT2D eigenvalue weighted by molar-refractivity contribution is 5.42. The van der Waals surface area contributed by atoms with Crippen molar-refractivity contribution >= 4 is 11.8 Å². The van der Waals surface area contributed by atoms with Crippen LogP contribution in [0.5, 0.6) is 0 Å². The van der Waals surface area contributed by atoms with Gasteiger partial charge in [-0.1, -0.05) is 12.8 Å². The molecule has 1 aromatic rings. The summed E-state index contributed by atoms with van der Waals surface area (Å²) in [5, 5.41) is 3.54. The van der Waals surface area contributed by atoms with Crippen LogP contribution in [0, 0.1) is 0 Å². The summed E-state index contributed by atoms with van der Waals surface area (Å²) in [5.41, 5.74) is 0. The molecule has 0 unspecified atom stereocenters. The van der Waals surface area contributed by atoms with Crippen LogP contribution in [0.15, 0.2) is 12.3 Å². The zero-order valence-electron chi connectivity index (χ0n) is 10.9. The predicted octanol–water partition coefficient (Wildman–Crippen LogP) is 2.82. The SMILES string of the molecule is c1cc(NC2CCCC2)nc(N2CCCCC2)n1. The highest BCUT2D eigenvalue weighted by Crippen LogP contribution is 2.22. The van der Waals surface area contributed by atoms with Gasteiger partial charge in [0.1, 0.15) is 5.82 Å². The van der Waals surface area contributed by atoms with Crippen LogP contribution >= 0.6 is 0 Å². The minimum atomic E-state index is 0.620. The molecular weight excluding hydrogens is 224 g/mol. The maximum atomic E-state index is 4.66. The molecule has 0 spiro atoms. The first-order valence-electron chi connectivity index (χ1n) is 7.26. The Bertz CT molecular complexity index is 381. The standard InChI is InChI=1S/C14H22N4/c1-4-10-18(11-5-1)14-15-9-8-13(17-14)16-12-6-2-3-7-12/h8-9,12H,1-7,10-11H2,(H,15,16,17). The van der Waals surface area contributed by atoms with Gasteiger partial charge in [-0.05, 0) is 38.2 Å². The summed E-state index contributed by atoms with van der Waals surface area (Å²) in [7, 11) is 0. The largest absolute Gasteiger partial charge is 0.367 e. The summed E-state index contributed by atoms with van der Waals surface area (Å²) in [5.74, 6) is 1.90. The molecule has 1 aliphatic heterocycles. The van der Waals surface area contributed by atoms with Crippen LogP contribution in [0.25, 0.3) is 0 Å². The fourth-order valence-electron chi connectivity index (χ4n) is 2.95. The van der Waals surface area contributed by atoms with E-state index in [1.54, 1.807) is 0 Å². The first kappa shape index (κ1) is 11.8. The van der Waals surface area contributed by atoms with E-state index in [1.807, 2.05) is 12.3 Å². The molecule has 1 saturated heterocycles. The molecule has 0 amide bonds. The van der Waals surface area contributed by atoms with Crippen molar-refractivity contribution < 1.29 is 0 Å². The second-order valence-corrected chi connectivity index (χ2v) is 5.42. The second-order valence-electron chi connectivity index (χ2n) is 5.42. The fraction of sp³-hybridized carbons (Fsp3) is 0.714. The smallest absolute Gasteiger partial charge is 0.227 e. The summed E-state index contributed by atoms with van der Waals surface area (Å²) in [6.45, 7) is 2.21. The molecule has 1 aliphatic carbocycles. The third kappa shape index (κ3) is 2.74. The van der Waals surface area contributed by atoms with Gasteiger partial charge in [-0.15, -0.1) is 0 Å². The summed E-state index contributed by atoms with van der Waals surface area (Å²) in [6, 6.07) is 2.61. The molecule has 1 saturated carbocycles. The molecule has 2 fully saturated rings. The molecule has 3 rings (SSSR count).